The van der Waals surface area contributed by atoms with Crippen molar-refractivity contribution < 1.29 is 0 Å². The van der Waals surface area contributed by atoms with Gasteiger partial charge in [-0.05, 0) is 45.5 Å². The predicted molar refractivity (Wildman–Crippen MR) is 61.7 cm³/mol. The first kappa shape index (κ1) is 10.7. The maximum atomic E-state index is 3.95. The molecule has 2 aromatic heterocycles. The summed E-state index contributed by atoms with van der Waals surface area (Å²) in [7, 11) is 1.88. The molecule has 0 aromatic carbocycles. The van der Waals surface area contributed by atoms with E-state index in [1.165, 1.54) is 4.88 Å². The maximum Gasteiger partial charge on any atom is 0.165 e. The lowest BCUT2D eigenvalue weighted by atomic mass is 10.4. The Hall–Kier alpha value is -0.790. The van der Waals surface area contributed by atoms with E-state index in [1.807, 2.05) is 13.1 Å². The number of thiophene rings is 1. The fraction of sp³-hybridized carbons (Fsp3) is 0.375. The van der Waals surface area contributed by atoms with Crippen molar-refractivity contribution in [3.8, 4) is 0 Å². The summed E-state index contributed by atoms with van der Waals surface area (Å²) in [5.41, 5.74) is 0. The first-order valence-electron chi connectivity index (χ1n) is 4.43. The monoisotopic (exact) mass is 287 g/mol. The molecule has 0 aliphatic rings. The Kier molecular flexibility index (Phi) is 3.45. The Labute approximate surface area is 99.6 Å². The molecule has 0 bridgehead atoms. The van der Waals surface area contributed by atoms with Crippen LogP contribution in [-0.4, -0.2) is 27.3 Å². The Bertz CT molecular complexity index is 438. The molecule has 0 spiro atoms. The fourth-order valence-electron chi connectivity index (χ4n) is 1.22. The van der Waals surface area contributed by atoms with Gasteiger partial charge in [-0.3, -0.25) is 0 Å². The SMILES string of the molecule is CNCc1nnnn1Cc1ccc(Br)s1. The number of tetrazole rings is 1. The van der Waals surface area contributed by atoms with Crippen LogP contribution in [0.5, 0.6) is 0 Å². The van der Waals surface area contributed by atoms with Gasteiger partial charge in [0, 0.05) is 4.88 Å². The number of hydrogen-bond acceptors (Lipinski definition) is 5. The highest BCUT2D eigenvalue weighted by Gasteiger charge is 2.06. The number of rotatable bonds is 4. The van der Waals surface area contributed by atoms with Crippen molar-refractivity contribution in [2.24, 2.45) is 0 Å². The highest BCUT2D eigenvalue weighted by Crippen LogP contribution is 2.22. The molecular formula is C8H10BrN5S. The molecule has 0 saturated heterocycles. The van der Waals surface area contributed by atoms with Gasteiger partial charge in [-0.1, -0.05) is 0 Å². The number of nitrogens with zero attached hydrogens (tertiary/aromatic N) is 4. The zero-order valence-electron chi connectivity index (χ0n) is 8.14. The number of aromatic nitrogens is 4. The van der Waals surface area contributed by atoms with E-state index in [4.69, 9.17) is 0 Å². The minimum atomic E-state index is 0.680. The van der Waals surface area contributed by atoms with E-state index in [9.17, 15) is 0 Å². The van der Waals surface area contributed by atoms with Gasteiger partial charge in [-0.25, -0.2) is 4.68 Å². The molecule has 80 valence electrons. The fourth-order valence-corrected chi connectivity index (χ4v) is 2.68. The normalized spacial score (nSPS) is 10.8. The van der Waals surface area contributed by atoms with Crippen LogP contribution < -0.4 is 5.32 Å². The summed E-state index contributed by atoms with van der Waals surface area (Å²) in [6.07, 6.45) is 0. The van der Waals surface area contributed by atoms with E-state index < -0.39 is 0 Å². The van der Waals surface area contributed by atoms with Crippen LogP contribution in [0.3, 0.4) is 0 Å². The van der Waals surface area contributed by atoms with Crippen LogP contribution in [0.2, 0.25) is 0 Å². The van der Waals surface area contributed by atoms with E-state index >= 15 is 0 Å². The van der Waals surface area contributed by atoms with E-state index in [-0.39, 0.29) is 0 Å². The van der Waals surface area contributed by atoms with Crippen LogP contribution in [0.4, 0.5) is 0 Å². The first-order chi connectivity index (χ1) is 7.29. The second kappa shape index (κ2) is 4.82. The highest BCUT2D eigenvalue weighted by atomic mass is 79.9. The van der Waals surface area contributed by atoms with Crippen molar-refractivity contribution in [3.63, 3.8) is 0 Å². The summed E-state index contributed by atoms with van der Waals surface area (Å²) < 4.78 is 2.93. The third-order valence-corrected chi connectivity index (χ3v) is 3.48. The van der Waals surface area contributed by atoms with E-state index in [2.05, 4.69) is 42.8 Å². The van der Waals surface area contributed by atoms with Crippen molar-refractivity contribution in [2.75, 3.05) is 7.05 Å². The largest absolute Gasteiger partial charge is 0.313 e. The lowest BCUT2D eigenvalue weighted by Gasteiger charge is -2.01. The van der Waals surface area contributed by atoms with Crippen molar-refractivity contribution in [1.29, 1.82) is 0 Å². The number of halogens is 1. The van der Waals surface area contributed by atoms with Crippen LogP contribution >= 0.6 is 27.3 Å². The van der Waals surface area contributed by atoms with Crippen LogP contribution in [0.1, 0.15) is 10.7 Å². The summed E-state index contributed by atoms with van der Waals surface area (Å²) in [6.45, 7) is 1.40. The van der Waals surface area contributed by atoms with E-state index in [0.717, 1.165) is 16.2 Å². The van der Waals surface area contributed by atoms with E-state index in [0.29, 0.717) is 6.54 Å². The maximum absolute atomic E-state index is 3.95. The molecule has 0 aliphatic carbocycles. The molecule has 2 rings (SSSR count). The van der Waals surface area contributed by atoms with Crippen molar-refractivity contribution >= 4 is 27.3 Å². The minimum Gasteiger partial charge on any atom is -0.313 e. The van der Waals surface area contributed by atoms with Gasteiger partial charge in [0.25, 0.3) is 0 Å². The van der Waals surface area contributed by atoms with Gasteiger partial charge >= 0.3 is 0 Å². The van der Waals surface area contributed by atoms with Crippen LogP contribution in [-0.2, 0) is 13.1 Å². The molecule has 1 N–H and O–H groups in total. The molecule has 0 saturated carbocycles. The second-order valence-corrected chi connectivity index (χ2v) is 5.54. The Morgan fingerprint density at radius 3 is 3.07 bits per heavy atom. The molecular weight excluding hydrogens is 278 g/mol. The van der Waals surface area contributed by atoms with Crippen molar-refractivity contribution in [1.82, 2.24) is 25.5 Å². The number of nitrogens with one attached hydrogen (secondary N) is 1. The van der Waals surface area contributed by atoms with Gasteiger partial charge in [-0.2, -0.15) is 0 Å². The molecule has 0 atom stereocenters. The second-order valence-electron chi connectivity index (χ2n) is 2.99. The quantitative estimate of drug-likeness (QED) is 0.920. The first-order valence-corrected chi connectivity index (χ1v) is 6.04. The molecule has 2 heterocycles. The highest BCUT2D eigenvalue weighted by molar-refractivity contribution is 9.11. The third kappa shape index (κ3) is 2.61. The molecule has 15 heavy (non-hydrogen) atoms. The van der Waals surface area contributed by atoms with Crippen LogP contribution in [0, 0.1) is 0 Å². The number of hydrogen-bond donors (Lipinski definition) is 1. The Morgan fingerprint density at radius 2 is 2.40 bits per heavy atom. The minimum absolute atomic E-state index is 0.680. The van der Waals surface area contributed by atoms with Crippen molar-refractivity contribution in [3.05, 3.63) is 26.6 Å². The third-order valence-electron chi connectivity index (χ3n) is 1.88. The Balaban J connectivity index is 2.13. The lowest BCUT2D eigenvalue weighted by molar-refractivity contribution is 0.605. The molecule has 0 fully saturated rings. The van der Waals surface area contributed by atoms with Gasteiger partial charge < -0.3 is 5.32 Å². The molecule has 2 aromatic rings. The van der Waals surface area contributed by atoms with Gasteiger partial charge in [0.1, 0.15) is 0 Å². The molecule has 7 heteroatoms. The van der Waals surface area contributed by atoms with Gasteiger partial charge in [0.2, 0.25) is 0 Å². The summed E-state index contributed by atoms with van der Waals surface area (Å²) in [4.78, 5) is 1.23. The summed E-state index contributed by atoms with van der Waals surface area (Å²) in [5, 5.41) is 14.6. The zero-order chi connectivity index (χ0) is 10.7. The molecule has 5 nitrogen and oxygen atoms in total. The summed E-state index contributed by atoms with van der Waals surface area (Å²) >= 11 is 5.12. The standard InChI is InChI=1S/C8H10BrN5S/c1-10-4-8-11-12-13-14(8)5-6-2-3-7(9)15-6/h2-3,10H,4-5H2,1H3. The smallest absolute Gasteiger partial charge is 0.165 e. The predicted octanol–water partition coefficient (Wildman–Crippen LogP) is 1.26. The average molecular weight is 288 g/mol. The summed E-state index contributed by atoms with van der Waals surface area (Å²) in [6, 6.07) is 4.10. The molecule has 0 radical (unpaired) electrons. The van der Waals surface area contributed by atoms with Gasteiger partial charge in [0.05, 0.1) is 16.9 Å². The lowest BCUT2D eigenvalue weighted by Crippen LogP contribution is -2.13. The van der Waals surface area contributed by atoms with Crippen LogP contribution in [0.15, 0.2) is 15.9 Å². The molecule has 0 aliphatic heterocycles. The Morgan fingerprint density at radius 1 is 1.53 bits per heavy atom. The van der Waals surface area contributed by atoms with E-state index in [1.54, 1.807) is 16.0 Å². The molecule has 0 unspecified atom stereocenters. The van der Waals surface area contributed by atoms with Gasteiger partial charge in [-0.15, -0.1) is 16.4 Å². The van der Waals surface area contributed by atoms with Gasteiger partial charge in [0.15, 0.2) is 5.82 Å². The summed E-state index contributed by atoms with van der Waals surface area (Å²) in [5.74, 6) is 0.849. The average Bonchev–Trinajstić information content (AvgIpc) is 2.78. The van der Waals surface area contributed by atoms with Crippen LogP contribution in [0.25, 0.3) is 0 Å². The topological polar surface area (TPSA) is 55.6 Å². The zero-order valence-corrected chi connectivity index (χ0v) is 10.5. The van der Waals surface area contributed by atoms with Crippen molar-refractivity contribution in [2.45, 2.75) is 13.1 Å². The molecule has 0 amide bonds.